The molecule has 2 heterocycles. The van der Waals surface area contributed by atoms with Gasteiger partial charge in [0.05, 0.1) is 16.8 Å². The van der Waals surface area contributed by atoms with Crippen LogP contribution in [0.3, 0.4) is 0 Å². The van der Waals surface area contributed by atoms with E-state index in [9.17, 15) is 32.4 Å². The van der Waals surface area contributed by atoms with Gasteiger partial charge in [-0.3, -0.25) is 14.5 Å². The Balaban J connectivity index is 1.93. The molecule has 1 aliphatic carbocycles. The molecule has 2 aromatic carbocycles. The number of Topliss-reactive ketones (excluding diaryl/α,β-unsaturated/α-hetero) is 1. The van der Waals surface area contributed by atoms with Crippen LogP contribution in [-0.2, 0) is 21.2 Å². The minimum absolute atomic E-state index is 0.0244. The second-order valence-corrected chi connectivity index (χ2v) is 9.88. The maximum Gasteiger partial charge on any atom is 0.418 e. The first-order valence-corrected chi connectivity index (χ1v) is 11.1. The van der Waals surface area contributed by atoms with E-state index in [1.807, 2.05) is 6.07 Å². The van der Waals surface area contributed by atoms with E-state index in [-0.39, 0.29) is 41.1 Å². The Kier molecular flexibility index (Phi) is 4.87. The van der Waals surface area contributed by atoms with Gasteiger partial charge in [0.25, 0.3) is 0 Å². The van der Waals surface area contributed by atoms with Gasteiger partial charge in [0.2, 0.25) is 5.91 Å². The molecule has 184 valence electrons. The van der Waals surface area contributed by atoms with Gasteiger partial charge >= 0.3 is 6.18 Å². The van der Waals surface area contributed by atoms with Gasteiger partial charge in [-0.1, -0.05) is 26.0 Å². The number of ketones is 1. The lowest BCUT2D eigenvalue weighted by Gasteiger charge is -2.47. The quantitative estimate of drug-likeness (QED) is 0.548. The minimum atomic E-state index is -4.77. The average Bonchev–Trinajstić information content (AvgIpc) is 3.04. The van der Waals surface area contributed by atoms with E-state index in [1.54, 1.807) is 13.8 Å². The van der Waals surface area contributed by atoms with E-state index < -0.39 is 51.5 Å². The van der Waals surface area contributed by atoms with Crippen LogP contribution >= 0.6 is 0 Å². The molecule has 1 spiro atoms. The van der Waals surface area contributed by atoms with Crippen molar-refractivity contribution >= 4 is 23.1 Å². The molecule has 36 heavy (non-hydrogen) atoms. The lowest BCUT2D eigenvalue weighted by Crippen LogP contribution is -2.52. The summed E-state index contributed by atoms with van der Waals surface area (Å²) in [5, 5.41) is 12.8. The molecule has 3 aliphatic rings. The summed E-state index contributed by atoms with van der Waals surface area (Å²) >= 11 is 0. The Bertz CT molecular complexity index is 1470. The number of amides is 1. The number of benzene rings is 2. The van der Waals surface area contributed by atoms with E-state index in [2.05, 4.69) is 5.32 Å². The number of allylic oxidation sites excluding steroid dienone is 1. The lowest BCUT2D eigenvalue weighted by atomic mass is 9.60. The van der Waals surface area contributed by atoms with E-state index >= 15 is 0 Å². The molecule has 0 saturated heterocycles. The third kappa shape index (κ3) is 3.08. The van der Waals surface area contributed by atoms with E-state index in [4.69, 9.17) is 5.73 Å². The summed E-state index contributed by atoms with van der Waals surface area (Å²) in [6.07, 6.45) is -4.72. The number of carbonyl (C=O) groups is 2. The van der Waals surface area contributed by atoms with Gasteiger partial charge < -0.3 is 11.1 Å². The summed E-state index contributed by atoms with van der Waals surface area (Å²) in [4.78, 5) is 28.4. The Morgan fingerprint density at radius 3 is 2.47 bits per heavy atom. The number of hydrogen-bond donors (Lipinski definition) is 2. The normalized spacial score (nSPS) is 23.0. The maximum absolute atomic E-state index is 14.4. The summed E-state index contributed by atoms with van der Waals surface area (Å²) in [5.74, 6) is -2.45. The van der Waals surface area contributed by atoms with Crippen molar-refractivity contribution in [2.75, 3.05) is 10.2 Å². The SMILES string of the molecule is CC1(C)CC(=O)C2=C(C1)N(c1ccccc1C(F)(F)F)C(N)=C(C#N)C21C(=O)Nc2ccc(F)cc21. The lowest BCUT2D eigenvalue weighted by molar-refractivity contribution is -0.137. The molecule has 6 nitrogen and oxygen atoms in total. The number of alkyl halides is 3. The summed E-state index contributed by atoms with van der Waals surface area (Å²) < 4.78 is 56.5. The average molecular weight is 496 g/mol. The van der Waals surface area contributed by atoms with Gasteiger partial charge in [-0.15, -0.1) is 0 Å². The van der Waals surface area contributed by atoms with Crippen molar-refractivity contribution in [1.29, 1.82) is 5.26 Å². The summed E-state index contributed by atoms with van der Waals surface area (Å²) in [5.41, 5.74) is 1.96. The van der Waals surface area contributed by atoms with Crippen molar-refractivity contribution in [2.24, 2.45) is 11.1 Å². The molecule has 1 amide bonds. The van der Waals surface area contributed by atoms with Crippen LogP contribution < -0.4 is 16.0 Å². The number of nitrogens with zero attached hydrogens (tertiary/aromatic N) is 2. The molecule has 0 radical (unpaired) electrons. The number of carbonyl (C=O) groups excluding carboxylic acids is 2. The first kappa shape index (κ1) is 23.6. The number of nitriles is 1. The molecule has 2 aromatic rings. The number of para-hydroxylation sites is 1. The van der Waals surface area contributed by atoms with Crippen molar-refractivity contribution in [3.05, 3.63) is 82.1 Å². The number of nitrogens with two attached hydrogens (primary N) is 1. The number of hydrogen-bond acceptors (Lipinski definition) is 5. The van der Waals surface area contributed by atoms with Crippen LogP contribution in [0.25, 0.3) is 0 Å². The van der Waals surface area contributed by atoms with Crippen LogP contribution in [0.15, 0.2) is 65.1 Å². The zero-order chi connectivity index (χ0) is 26.2. The highest BCUT2D eigenvalue weighted by molar-refractivity contribution is 6.20. The minimum Gasteiger partial charge on any atom is -0.384 e. The fourth-order valence-corrected chi connectivity index (χ4v) is 5.57. The highest BCUT2D eigenvalue weighted by Crippen LogP contribution is 2.57. The van der Waals surface area contributed by atoms with Crippen molar-refractivity contribution in [3.8, 4) is 6.07 Å². The zero-order valence-corrected chi connectivity index (χ0v) is 19.3. The van der Waals surface area contributed by atoms with Crippen molar-refractivity contribution in [2.45, 2.75) is 38.3 Å². The Hall–Kier alpha value is -4.13. The van der Waals surface area contributed by atoms with E-state index in [0.29, 0.717) is 0 Å². The number of fused-ring (bicyclic) bond motifs is 3. The van der Waals surface area contributed by atoms with Gasteiger partial charge in [-0.05, 0) is 42.2 Å². The highest BCUT2D eigenvalue weighted by Gasteiger charge is 2.61. The third-order valence-corrected chi connectivity index (χ3v) is 6.91. The van der Waals surface area contributed by atoms with Gasteiger partial charge in [-0.2, -0.15) is 18.4 Å². The molecule has 0 fully saturated rings. The van der Waals surface area contributed by atoms with Gasteiger partial charge in [0.15, 0.2) is 5.78 Å². The number of anilines is 2. The highest BCUT2D eigenvalue weighted by atomic mass is 19.4. The first-order chi connectivity index (χ1) is 16.8. The number of nitrogens with one attached hydrogen (secondary N) is 1. The predicted molar refractivity (Wildman–Crippen MR) is 123 cm³/mol. The van der Waals surface area contributed by atoms with Crippen LogP contribution in [0, 0.1) is 22.6 Å². The molecular weight excluding hydrogens is 476 g/mol. The van der Waals surface area contributed by atoms with E-state index in [1.165, 1.54) is 24.3 Å². The van der Waals surface area contributed by atoms with Gasteiger partial charge in [-0.25, -0.2) is 4.39 Å². The van der Waals surface area contributed by atoms with Crippen molar-refractivity contribution in [3.63, 3.8) is 0 Å². The Morgan fingerprint density at radius 1 is 1.11 bits per heavy atom. The van der Waals surface area contributed by atoms with Crippen LogP contribution in [0.1, 0.15) is 37.8 Å². The van der Waals surface area contributed by atoms with Crippen molar-refractivity contribution in [1.82, 2.24) is 0 Å². The van der Waals surface area contributed by atoms with E-state index in [0.717, 1.165) is 23.1 Å². The Labute approximate surface area is 203 Å². The smallest absolute Gasteiger partial charge is 0.384 e. The summed E-state index contributed by atoms with van der Waals surface area (Å²) in [7, 11) is 0. The standard InChI is InChI=1S/C26H20F4N4O2/c1-24(2)10-19-21(20(35)11-24)25(15-9-13(27)7-8-17(15)33-23(25)36)16(12-31)22(32)34(19)18-6-4-3-5-14(18)26(28,29)30/h3-9H,10-11,32H2,1-2H3,(H,33,36). The topological polar surface area (TPSA) is 99.2 Å². The van der Waals surface area contributed by atoms with Crippen LogP contribution in [0.4, 0.5) is 28.9 Å². The largest absolute Gasteiger partial charge is 0.418 e. The monoisotopic (exact) mass is 496 g/mol. The second kappa shape index (κ2) is 7.43. The molecular formula is C26H20F4N4O2. The van der Waals surface area contributed by atoms with Crippen LogP contribution in [0.5, 0.6) is 0 Å². The van der Waals surface area contributed by atoms with Gasteiger partial charge in [0, 0.05) is 28.9 Å². The fourth-order valence-electron chi connectivity index (χ4n) is 5.57. The summed E-state index contributed by atoms with van der Waals surface area (Å²) in [6.45, 7) is 3.55. The number of rotatable bonds is 1. The van der Waals surface area contributed by atoms with Gasteiger partial charge in [0.1, 0.15) is 23.1 Å². The third-order valence-electron chi connectivity index (χ3n) is 6.91. The Morgan fingerprint density at radius 2 is 1.81 bits per heavy atom. The molecule has 5 rings (SSSR count). The second-order valence-electron chi connectivity index (χ2n) is 9.88. The molecule has 0 saturated carbocycles. The maximum atomic E-state index is 14.4. The van der Waals surface area contributed by atoms with Crippen molar-refractivity contribution < 1.29 is 27.2 Å². The molecule has 0 bridgehead atoms. The predicted octanol–water partition coefficient (Wildman–Crippen LogP) is 4.89. The first-order valence-electron chi connectivity index (χ1n) is 11.1. The molecule has 10 heteroatoms. The number of halogens is 4. The molecule has 2 aliphatic heterocycles. The molecule has 1 atom stereocenters. The fraction of sp³-hybridized carbons (Fsp3) is 0.269. The molecule has 0 aromatic heterocycles. The molecule has 3 N–H and O–H groups in total. The molecule has 1 unspecified atom stereocenters. The zero-order valence-electron chi connectivity index (χ0n) is 19.3. The van der Waals surface area contributed by atoms with Crippen LogP contribution in [-0.4, -0.2) is 11.7 Å². The summed E-state index contributed by atoms with van der Waals surface area (Å²) in [6, 6.07) is 10.0. The van der Waals surface area contributed by atoms with Crippen LogP contribution in [0.2, 0.25) is 0 Å².